The van der Waals surface area contributed by atoms with Crippen LogP contribution in [0.2, 0.25) is 0 Å². The number of nitrogens with zero attached hydrogens (tertiary/aromatic N) is 4. The molecule has 46 heavy (non-hydrogen) atoms. The number of hydrogen-bond donors (Lipinski definition) is 2. The summed E-state index contributed by atoms with van der Waals surface area (Å²) in [4.78, 5) is 19.3. The van der Waals surface area contributed by atoms with Crippen LogP contribution in [0.3, 0.4) is 0 Å². The van der Waals surface area contributed by atoms with Crippen LogP contribution in [-0.2, 0) is 30.5 Å². The lowest BCUT2D eigenvalue weighted by molar-refractivity contribution is -0.138. The minimum Gasteiger partial charge on any atom is -0.351 e. The molecule has 0 aliphatic heterocycles. The third-order valence-corrected chi connectivity index (χ3v) is 8.09. The van der Waals surface area contributed by atoms with Crippen molar-refractivity contribution in [3.63, 3.8) is 0 Å². The maximum atomic E-state index is 13.9. The highest BCUT2D eigenvalue weighted by atomic mass is 79.9. The molecule has 4 aromatic rings. The number of amides is 1. The molecule has 0 aliphatic rings. The topological polar surface area (TPSA) is 86.0 Å². The van der Waals surface area contributed by atoms with Crippen molar-refractivity contribution in [2.45, 2.75) is 52.0 Å². The molecule has 3 aromatic carbocycles. The van der Waals surface area contributed by atoms with Crippen molar-refractivity contribution in [3.05, 3.63) is 118 Å². The van der Waals surface area contributed by atoms with Crippen molar-refractivity contribution < 1.29 is 18.0 Å². The monoisotopic (exact) mass is 710 g/mol. The van der Waals surface area contributed by atoms with Gasteiger partial charge in [-0.3, -0.25) is 4.79 Å². The molecule has 2 N–H and O–H groups in total. The molecular formula is C34H34BrF3N6OS. The highest BCUT2D eigenvalue weighted by Crippen LogP contribution is 2.32. The Hall–Kier alpha value is -4.21. The summed E-state index contributed by atoms with van der Waals surface area (Å²) in [5, 5.41) is 15.6. The number of rotatable bonds is 12. The summed E-state index contributed by atoms with van der Waals surface area (Å²) < 4.78 is 44.5. The lowest BCUT2D eigenvalue weighted by Crippen LogP contribution is -2.47. The summed E-state index contributed by atoms with van der Waals surface area (Å²) in [6.45, 7) is 4.59. The van der Waals surface area contributed by atoms with Crippen molar-refractivity contribution in [2.75, 3.05) is 11.9 Å². The van der Waals surface area contributed by atoms with Gasteiger partial charge in [0, 0.05) is 47.7 Å². The molecule has 1 aromatic heterocycles. The minimum absolute atomic E-state index is 0.0589. The zero-order valence-corrected chi connectivity index (χ0v) is 27.8. The Balaban J connectivity index is 1.53. The molecule has 1 atom stereocenters. The highest BCUT2D eigenvalue weighted by Gasteiger charge is 2.34. The number of nitrogens with one attached hydrogen (secondary N) is 2. The first kappa shape index (κ1) is 34.7. The van der Waals surface area contributed by atoms with Gasteiger partial charge in [0.15, 0.2) is 5.11 Å². The third kappa shape index (κ3) is 10.2. The van der Waals surface area contributed by atoms with Crippen molar-refractivity contribution >= 4 is 44.9 Å². The Morgan fingerprint density at radius 2 is 1.78 bits per heavy atom. The van der Waals surface area contributed by atoms with E-state index >= 15 is 0 Å². The van der Waals surface area contributed by atoms with Gasteiger partial charge in [0.1, 0.15) is 0 Å². The number of carbonyl (C=O) groups excluding carboxylic acids is 1. The Labute approximate surface area is 280 Å². The van der Waals surface area contributed by atoms with Gasteiger partial charge in [-0.05, 0) is 78.1 Å². The van der Waals surface area contributed by atoms with Crippen LogP contribution in [0.1, 0.15) is 48.2 Å². The molecule has 0 bridgehead atoms. The molecular weight excluding hydrogens is 677 g/mol. The molecule has 240 valence electrons. The zero-order chi connectivity index (χ0) is 33.3. The molecule has 0 fully saturated rings. The average Bonchev–Trinajstić information content (AvgIpc) is 3.43. The van der Waals surface area contributed by atoms with Crippen LogP contribution in [-0.4, -0.2) is 38.1 Å². The molecule has 0 saturated carbocycles. The first-order valence-corrected chi connectivity index (χ1v) is 15.9. The van der Waals surface area contributed by atoms with Gasteiger partial charge in [0.05, 0.1) is 29.9 Å². The second kappa shape index (κ2) is 15.9. The summed E-state index contributed by atoms with van der Waals surface area (Å²) in [6.07, 6.45) is -0.607. The van der Waals surface area contributed by atoms with E-state index in [4.69, 9.17) is 17.5 Å². The van der Waals surface area contributed by atoms with Crippen LogP contribution >= 0.6 is 28.1 Å². The van der Waals surface area contributed by atoms with Crippen LogP contribution in [0.4, 0.5) is 18.9 Å². The van der Waals surface area contributed by atoms with Crippen LogP contribution in [0.5, 0.6) is 0 Å². The first-order chi connectivity index (χ1) is 21.9. The van der Waals surface area contributed by atoms with E-state index in [1.165, 1.54) is 12.1 Å². The van der Waals surface area contributed by atoms with Crippen LogP contribution < -0.4 is 10.6 Å². The minimum atomic E-state index is -4.53. The summed E-state index contributed by atoms with van der Waals surface area (Å²) >= 11 is 9.14. The average molecular weight is 712 g/mol. The molecule has 12 heteroatoms. The van der Waals surface area contributed by atoms with Crippen molar-refractivity contribution in [1.29, 1.82) is 5.26 Å². The second-order valence-corrected chi connectivity index (χ2v) is 12.7. The van der Waals surface area contributed by atoms with Gasteiger partial charge in [0.25, 0.3) is 0 Å². The smallest absolute Gasteiger partial charge is 0.351 e. The fourth-order valence-electron chi connectivity index (χ4n) is 5.07. The molecule has 1 heterocycles. The summed E-state index contributed by atoms with van der Waals surface area (Å²) in [7, 11) is 0. The fraction of sp³-hybridized carbons (Fsp3) is 0.294. The van der Waals surface area contributed by atoms with E-state index in [0.717, 1.165) is 16.1 Å². The second-order valence-electron chi connectivity index (χ2n) is 11.4. The Bertz CT molecular complexity index is 1670. The normalized spacial score (nSPS) is 12.0. The maximum Gasteiger partial charge on any atom is 0.416 e. The van der Waals surface area contributed by atoms with Gasteiger partial charge < -0.3 is 20.1 Å². The third-order valence-electron chi connectivity index (χ3n) is 7.20. The van der Waals surface area contributed by atoms with Gasteiger partial charge >= 0.3 is 6.18 Å². The first-order valence-electron chi connectivity index (χ1n) is 14.6. The van der Waals surface area contributed by atoms with E-state index in [-0.39, 0.29) is 42.0 Å². The lowest BCUT2D eigenvalue weighted by atomic mass is 10.0. The van der Waals surface area contributed by atoms with E-state index in [0.29, 0.717) is 29.9 Å². The van der Waals surface area contributed by atoms with Gasteiger partial charge in [0.2, 0.25) is 5.91 Å². The SMILES string of the molecule is CC(C)C[C@@H](CN(Cc1ccccc1C(F)(F)F)C(=S)Nc1ccc(Br)cc1)NC(=O)Cc1cncn1Cc1ccc(C#N)cc1. The van der Waals surface area contributed by atoms with Gasteiger partial charge in [-0.1, -0.05) is 60.1 Å². The number of hydrogen-bond acceptors (Lipinski definition) is 4. The van der Waals surface area contributed by atoms with E-state index < -0.39 is 17.8 Å². The number of thiocarbonyl (C=S) groups is 1. The standard InChI is InChI=1S/C34H34BrF3N6OS/c1-23(2)15-29(41-32(45)16-30-18-40-22-44(30)19-25-9-7-24(17-39)8-10-25)21-43(33(46)42-28-13-11-27(35)12-14-28)20-26-5-3-4-6-31(26)34(36,37)38/h3-14,18,22-23,29H,15-16,19-21H2,1-2H3,(H,41,45)(H,42,46)/t29-/m0/s1. The molecule has 4 rings (SSSR count). The molecule has 1 amide bonds. The van der Waals surface area contributed by atoms with Crippen molar-refractivity contribution in [3.8, 4) is 6.07 Å². The number of anilines is 1. The van der Waals surface area contributed by atoms with E-state index in [2.05, 4.69) is 37.6 Å². The highest BCUT2D eigenvalue weighted by molar-refractivity contribution is 9.10. The molecule has 0 unspecified atom stereocenters. The molecule has 7 nitrogen and oxygen atoms in total. The van der Waals surface area contributed by atoms with Gasteiger partial charge in [-0.25, -0.2) is 4.98 Å². The maximum absolute atomic E-state index is 13.9. The van der Waals surface area contributed by atoms with E-state index in [1.54, 1.807) is 35.6 Å². The number of nitriles is 1. The number of imidazole rings is 1. The number of benzene rings is 3. The quantitative estimate of drug-likeness (QED) is 0.148. The van der Waals surface area contributed by atoms with Crippen LogP contribution in [0, 0.1) is 17.2 Å². The van der Waals surface area contributed by atoms with Gasteiger partial charge in [-0.2, -0.15) is 18.4 Å². The van der Waals surface area contributed by atoms with Crippen molar-refractivity contribution in [1.82, 2.24) is 19.8 Å². The lowest BCUT2D eigenvalue weighted by Gasteiger charge is -2.32. The number of aromatic nitrogens is 2. The molecule has 0 saturated heterocycles. The Morgan fingerprint density at radius 3 is 2.43 bits per heavy atom. The summed E-state index contributed by atoms with van der Waals surface area (Å²) in [5.41, 5.74) is 2.25. The largest absolute Gasteiger partial charge is 0.416 e. The fourth-order valence-corrected chi connectivity index (χ4v) is 5.59. The summed E-state index contributed by atoms with van der Waals surface area (Å²) in [6, 6.07) is 21.6. The number of alkyl halides is 3. The van der Waals surface area contributed by atoms with E-state index in [9.17, 15) is 18.0 Å². The van der Waals surface area contributed by atoms with Crippen LogP contribution in [0.15, 0.2) is 89.8 Å². The summed E-state index contributed by atoms with van der Waals surface area (Å²) in [5.74, 6) is -0.0563. The molecule has 0 aliphatic carbocycles. The Morgan fingerprint density at radius 1 is 1.09 bits per heavy atom. The van der Waals surface area contributed by atoms with Gasteiger partial charge in [-0.15, -0.1) is 0 Å². The zero-order valence-electron chi connectivity index (χ0n) is 25.4. The predicted molar refractivity (Wildman–Crippen MR) is 180 cm³/mol. The molecule has 0 spiro atoms. The predicted octanol–water partition coefficient (Wildman–Crippen LogP) is 7.56. The number of halogens is 4. The van der Waals surface area contributed by atoms with Crippen LogP contribution in [0.25, 0.3) is 0 Å². The molecule has 0 radical (unpaired) electrons. The van der Waals surface area contributed by atoms with E-state index in [1.807, 2.05) is 54.8 Å². The number of carbonyl (C=O) groups is 1. The Kier molecular flexibility index (Phi) is 12.0. The van der Waals surface area contributed by atoms with Crippen molar-refractivity contribution in [2.24, 2.45) is 5.92 Å².